The lowest BCUT2D eigenvalue weighted by Gasteiger charge is -2.28. The fourth-order valence-electron chi connectivity index (χ4n) is 2.53. The van der Waals surface area contributed by atoms with E-state index in [1.807, 2.05) is 0 Å². The maximum Gasteiger partial charge on any atom is 0.131 e. The number of rotatable bonds is 5. The van der Waals surface area contributed by atoms with Crippen LogP contribution in [0.3, 0.4) is 0 Å². The number of piperidine rings is 1. The van der Waals surface area contributed by atoms with Gasteiger partial charge in [0, 0.05) is 25.4 Å². The Bertz CT molecular complexity index is 361. The molecule has 1 aromatic rings. The van der Waals surface area contributed by atoms with Gasteiger partial charge >= 0.3 is 0 Å². The van der Waals surface area contributed by atoms with E-state index in [4.69, 9.17) is 0 Å². The third-order valence-corrected chi connectivity index (χ3v) is 3.60. The Morgan fingerprint density at radius 2 is 2.11 bits per heavy atom. The second kappa shape index (κ2) is 6.69. The second-order valence-electron chi connectivity index (χ2n) is 5.19. The minimum atomic E-state index is 0.792. The van der Waals surface area contributed by atoms with Gasteiger partial charge < -0.3 is 10.2 Å². The molecule has 0 spiro atoms. The molecular weight excluding hydrogens is 224 g/mol. The number of hydrogen-bond acceptors (Lipinski definition) is 4. The number of aromatic nitrogens is 2. The van der Waals surface area contributed by atoms with Gasteiger partial charge in [0.15, 0.2) is 0 Å². The summed E-state index contributed by atoms with van der Waals surface area (Å²) in [6, 6.07) is 2.13. The summed E-state index contributed by atoms with van der Waals surface area (Å²) in [5.41, 5.74) is 1.15. The van der Waals surface area contributed by atoms with Gasteiger partial charge in [-0.15, -0.1) is 0 Å². The van der Waals surface area contributed by atoms with Crippen molar-refractivity contribution in [2.75, 3.05) is 31.6 Å². The van der Waals surface area contributed by atoms with Gasteiger partial charge in [-0.3, -0.25) is 0 Å². The average Bonchev–Trinajstić information content (AvgIpc) is 2.40. The van der Waals surface area contributed by atoms with E-state index in [1.165, 1.54) is 12.8 Å². The van der Waals surface area contributed by atoms with Crippen LogP contribution in [0.1, 0.15) is 31.9 Å². The molecule has 0 unspecified atom stereocenters. The Hall–Kier alpha value is -1.16. The second-order valence-corrected chi connectivity index (χ2v) is 5.19. The Balaban J connectivity index is 1.94. The van der Waals surface area contributed by atoms with Gasteiger partial charge in [-0.1, -0.05) is 13.3 Å². The van der Waals surface area contributed by atoms with E-state index in [-0.39, 0.29) is 0 Å². The van der Waals surface area contributed by atoms with E-state index < -0.39 is 0 Å². The highest BCUT2D eigenvalue weighted by Gasteiger charge is 2.16. The molecule has 18 heavy (non-hydrogen) atoms. The Kier molecular flexibility index (Phi) is 4.93. The molecule has 0 saturated carbocycles. The molecule has 1 fully saturated rings. The zero-order valence-electron chi connectivity index (χ0n) is 11.5. The molecule has 2 rings (SSSR count). The summed E-state index contributed by atoms with van der Waals surface area (Å²) in [7, 11) is 2.14. The maximum atomic E-state index is 4.39. The minimum Gasteiger partial charge on any atom is -0.359 e. The van der Waals surface area contributed by atoms with Crippen LogP contribution in [0.2, 0.25) is 0 Å². The molecule has 1 N–H and O–H groups in total. The maximum absolute atomic E-state index is 4.39. The van der Waals surface area contributed by atoms with Crippen molar-refractivity contribution in [2.24, 2.45) is 5.92 Å². The third-order valence-electron chi connectivity index (χ3n) is 3.60. The highest BCUT2D eigenvalue weighted by atomic mass is 15.2. The quantitative estimate of drug-likeness (QED) is 0.863. The topological polar surface area (TPSA) is 41.0 Å². The first kappa shape index (κ1) is 13.3. The van der Waals surface area contributed by atoms with Crippen LogP contribution in [0.4, 0.5) is 5.82 Å². The Morgan fingerprint density at radius 1 is 1.33 bits per heavy atom. The molecule has 0 amide bonds. The van der Waals surface area contributed by atoms with Crippen molar-refractivity contribution >= 4 is 5.82 Å². The fraction of sp³-hybridized carbons (Fsp3) is 0.714. The molecule has 1 aliphatic heterocycles. The lowest BCUT2D eigenvalue weighted by atomic mass is 9.98. The van der Waals surface area contributed by atoms with E-state index >= 15 is 0 Å². The first-order valence-corrected chi connectivity index (χ1v) is 7.02. The highest BCUT2D eigenvalue weighted by Crippen LogP contribution is 2.17. The minimum absolute atomic E-state index is 0.792. The predicted octanol–water partition coefficient (Wildman–Crippen LogP) is 1.86. The van der Waals surface area contributed by atoms with Crippen LogP contribution in [0.15, 0.2) is 12.4 Å². The molecule has 4 nitrogen and oxygen atoms in total. The van der Waals surface area contributed by atoms with Gasteiger partial charge in [-0.25, -0.2) is 9.97 Å². The standard InChI is InChI=1S/C14H24N4/c1-3-4-13-9-14(17-11-16-13)18(2)10-12-5-7-15-8-6-12/h9,11-12,15H,3-8,10H2,1-2H3. The zero-order chi connectivity index (χ0) is 12.8. The molecule has 4 heteroatoms. The number of nitrogens with zero attached hydrogens (tertiary/aromatic N) is 3. The first-order chi connectivity index (χ1) is 8.79. The van der Waals surface area contributed by atoms with Gasteiger partial charge in [0.05, 0.1) is 0 Å². The normalized spacial score (nSPS) is 16.8. The molecule has 0 aromatic carbocycles. The van der Waals surface area contributed by atoms with E-state index in [2.05, 4.69) is 40.2 Å². The van der Waals surface area contributed by atoms with Gasteiger partial charge in [0.25, 0.3) is 0 Å². The van der Waals surface area contributed by atoms with Crippen molar-refractivity contribution in [1.29, 1.82) is 0 Å². The van der Waals surface area contributed by atoms with Crippen molar-refractivity contribution in [3.05, 3.63) is 18.1 Å². The monoisotopic (exact) mass is 248 g/mol. The van der Waals surface area contributed by atoms with E-state index in [0.29, 0.717) is 0 Å². The van der Waals surface area contributed by atoms with Crippen LogP contribution in [-0.2, 0) is 6.42 Å². The van der Waals surface area contributed by atoms with Crippen LogP contribution < -0.4 is 10.2 Å². The average molecular weight is 248 g/mol. The first-order valence-electron chi connectivity index (χ1n) is 7.02. The molecule has 1 aromatic heterocycles. The summed E-state index contributed by atoms with van der Waals surface area (Å²) in [4.78, 5) is 11.0. The van der Waals surface area contributed by atoms with Crippen LogP contribution in [0.5, 0.6) is 0 Å². The smallest absolute Gasteiger partial charge is 0.131 e. The zero-order valence-corrected chi connectivity index (χ0v) is 11.5. The van der Waals surface area contributed by atoms with Gasteiger partial charge in [0.1, 0.15) is 12.1 Å². The predicted molar refractivity (Wildman–Crippen MR) is 74.9 cm³/mol. The van der Waals surface area contributed by atoms with E-state index in [0.717, 1.165) is 49.9 Å². The molecule has 2 heterocycles. The number of aryl methyl sites for hydroxylation is 1. The van der Waals surface area contributed by atoms with Crippen molar-refractivity contribution in [2.45, 2.75) is 32.6 Å². The highest BCUT2D eigenvalue weighted by molar-refractivity contribution is 5.37. The molecule has 0 atom stereocenters. The molecule has 0 aliphatic carbocycles. The van der Waals surface area contributed by atoms with Crippen molar-refractivity contribution in [1.82, 2.24) is 15.3 Å². The summed E-state index contributed by atoms with van der Waals surface area (Å²) >= 11 is 0. The lowest BCUT2D eigenvalue weighted by molar-refractivity contribution is 0.377. The van der Waals surface area contributed by atoms with Gasteiger partial charge in [-0.05, 0) is 38.3 Å². The van der Waals surface area contributed by atoms with E-state index in [1.54, 1.807) is 6.33 Å². The molecule has 1 saturated heterocycles. The summed E-state index contributed by atoms with van der Waals surface area (Å²) in [5.74, 6) is 1.85. The van der Waals surface area contributed by atoms with Crippen LogP contribution in [0.25, 0.3) is 0 Å². The summed E-state index contributed by atoms with van der Waals surface area (Å²) in [6.07, 6.45) is 6.42. The number of hydrogen-bond donors (Lipinski definition) is 1. The van der Waals surface area contributed by atoms with Crippen molar-refractivity contribution in [3.8, 4) is 0 Å². The van der Waals surface area contributed by atoms with Crippen molar-refractivity contribution in [3.63, 3.8) is 0 Å². The molecule has 0 bridgehead atoms. The lowest BCUT2D eigenvalue weighted by Crippen LogP contribution is -2.34. The Morgan fingerprint density at radius 3 is 2.83 bits per heavy atom. The van der Waals surface area contributed by atoms with Crippen LogP contribution >= 0.6 is 0 Å². The largest absolute Gasteiger partial charge is 0.359 e. The van der Waals surface area contributed by atoms with Gasteiger partial charge in [-0.2, -0.15) is 0 Å². The molecule has 0 radical (unpaired) electrons. The molecule has 100 valence electrons. The number of nitrogens with one attached hydrogen (secondary N) is 1. The summed E-state index contributed by atoms with van der Waals surface area (Å²) < 4.78 is 0. The van der Waals surface area contributed by atoms with E-state index in [9.17, 15) is 0 Å². The molecular formula is C14H24N4. The fourth-order valence-corrected chi connectivity index (χ4v) is 2.53. The molecule has 1 aliphatic rings. The number of anilines is 1. The van der Waals surface area contributed by atoms with Crippen molar-refractivity contribution < 1.29 is 0 Å². The van der Waals surface area contributed by atoms with Crippen LogP contribution in [-0.4, -0.2) is 36.6 Å². The summed E-state index contributed by atoms with van der Waals surface area (Å²) in [6.45, 7) is 5.59. The SMILES string of the molecule is CCCc1cc(N(C)CC2CCNCC2)ncn1. The summed E-state index contributed by atoms with van der Waals surface area (Å²) in [5, 5.41) is 3.41. The van der Waals surface area contributed by atoms with Crippen LogP contribution in [0, 0.1) is 5.92 Å². The third kappa shape index (κ3) is 3.67. The Labute approximate surface area is 110 Å². The van der Waals surface area contributed by atoms with Gasteiger partial charge in [0.2, 0.25) is 0 Å².